The van der Waals surface area contributed by atoms with E-state index in [0.29, 0.717) is 17.8 Å². The van der Waals surface area contributed by atoms with Crippen molar-refractivity contribution in [3.63, 3.8) is 0 Å². The van der Waals surface area contributed by atoms with Crippen molar-refractivity contribution in [3.05, 3.63) is 18.5 Å². The van der Waals surface area contributed by atoms with E-state index >= 15 is 0 Å². The Morgan fingerprint density at radius 3 is 3.25 bits per heavy atom. The SMILES string of the molecule is N#CCC(=O)NC1CCN(c2cnnc3nnc4[nH]ccc4c23)C1. The van der Waals surface area contributed by atoms with Crippen molar-refractivity contribution in [1.29, 1.82) is 5.26 Å². The number of aromatic nitrogens is 5. The summed E-state index contributed by atoms with van der Waals surface area (Å²) >= 11 is 0. The zero-order valence-electron chi connectivity index (χ0n) is 12.7. The minimum absolute atomic E-state index is 0.0191. The second kappa shape index (κ2) is 5.73. The molecule has 1 aliphatic heterocycles. The van der Waals surface area contributed by atoms with Crippen LogP contribution in [0.4, 0.5) is 5.69 Å². The van der Waals surface area contributed by atoms with E-state index in [0.717, 1.165) is 29.4 Å². The molecule has 1 fully saturated rings. The summed E-state index contributed by atoms with van der Waals surface area (Å²) in [5.41, 5.74) is 2.13. The first-order valence-electron chi connectivity index (χ1n) is 7.62. The van der Waals surface area contributed by atoms with Gasteiger partial charge in [0.05, 0.1) is 23.3 Å². The molecular weight excluding hydrogens is 308 g/mol. The van der Waals surface area contributed by atoms with E-state index in [-0.39, 0.29) is 18.4 Å². The molecule has 0 aromatic carbocycles. The van der Waals surface area contributed by atoms with E-state index in [1.807, 2.05) is 18.3 Å². The molecule has 0 spiro atoms. The fourth-order valence-electron chi connectivity index (χ4n) is 3.13. The second-order valence-corrected chi connectivity index (χ2v) is 5.70. The topological polar surface area (TPSA) is 123 Å². The first-order chi connectivity index (χ1) is 11.8. The zero-order valence-corrected chi connectivity index (χ0v) is 12.7. The molecule has 4 rings (SSSR count). The summed E-state index contributed by atoms with van der Waals surface area (Å²) in [6, 6.07) is 3.83. The van der Waals surface area contributed by atoms with E-state index in [2.05, 4.69) is 35.6 Å². The molecule has 9 nitrogen and oxygen atoms in total. The van der Waals surface area contributed by atoms with E-state index < -0.39 is 0 Å². The van der Waals surface area contributed by atoms with Gasteiger partial charge < -0.3 is 15.2 Å². The number of anilines is 1. The van der Waals surface area contributed by atoms with Gasteiger partial charge in [0.1, 0.15) is 6.42 Å². The smallest absolute Gasteiger partial charge is 0.234 e. The molecule has 0 aliphatic carbocycles. The molecule has 1 amide bonds. The fraction of sp³-hybridized carbons (Fsp3) is 0.333. The standard InChI is InChI=1S/C15H14N8O/c16-4-1-12(24)19-9-3-6-23(8-9)11-7-18-20-15-13(11)10-2-5-17-14(10)21-22-15/h2,5,7,9H,1,3,6,8H2,(H,17,21)(H,19,24). The van der Waals surface area contributed by atoms with Gasteiger partial charge in [0, 0.05) is 30.7 Å². The molecule has 0 bridgehead atoms. The van der Waals surface area contributed by atoms with Crippen LogP contribution in [0.3, 0.4) is 0 Å². The Kier molecular flexibility index (Phi) is 3.42. The monoisotopic (exact) mass is 322 g/mol. The van der Waals surface area contributed by atoms with Gasteiger partial charge in [-0.2, -0.15) is 10.4 Å². The van der Waals surface area contributed by atoms with Crippen molar-refractivity contribution in [2.45, 2.75) is 18.9 Å². The predicted octanol–water partition coefficient (Wildman–Crippen LogP) is 0.510. The van der Waals surface area contributed by atoms with Crippen molar-refractivity contribution in [1.82, 2.24) is 30.7 Å². The summed E-state index contributed by atoms with van der Waals surface area (Å²) in [6.45, 7) is 1.44. The van der Waals surface area contributed by atoms with Crippen molar-refractivity contribution < 1.29 is 4.79 Å². The summed E-state index contributed by atoms with van der Waals surface area (Å²) in [4.78, 5) is 16.8. The lowest BCUT2D eigenvalue weighted by molar-refractivity contribution is -0.120. The third-order valence-corrected chi connectivity index (χ3v) is 4.19. The van der Waals surface area contributed by atoms with Crippen molar-refractivity contribution in [2.75, 3.05) is 18.0 Å². The van der Waals surface area contributed by atoms with E-state index in [1.165, 1.54) is 0 Å². The molecule has 1 aliphatic rings. The lowest BCUT2D eigenvalue weighted by atomic mass is 10.2. The maximum Gasteiger partial charge on any atom is 0.234 e. The van der Waals surface area contributed by atoms with Gasteiger partial charge in [0.2, 0.25) is 11.6 Å². The highest BCUT2D eigenvalue weighted by Gasteiger charge is 2.26. The normalized spacial score (nSPS) is 17.3. The van der Waals surface area contributed by atoms with Gasteiger partial charge in [-0.3, -0.25) is 4.79 Å². The van der Waals surface area contributed by atoms with Gasteiger partial charge >= 0.3 is 0 Å². The number of nitrogens with zero attached hydrogens (tertiary/aromatic N) is 6. The molecule has 2 N–H and O–H groups in total. The number of aromatic amines is 1. The highest BCUT2D eigenvalue weighted by molar-refractivity contribution is 6.08. The van der Waals surface area contributed by atoms with Crippen LogP contribution in [0.1, 0.15) is 12.8 Å². The number of carbonyl (C=O) groups is 1. The summed E-state index contributed by atoms with van der Waals surface area (Å²) in [5.74, 6) is -0.235. The first kappa shape index (κ1) is 14.3. The lowest BCUT2D eigenvalue weighted by Gasteiger charge is -2.20. The number of nitriles is 1. The van der Waals surface area contributed by atoms with Crippen LogP contribution in [0.25, 0.3) is 22.1 Å². The maximum atomic E-state index is 11.6. The number of amides is 1. The van der Waals surface area contributed by atoms with Gasteiger partial charge in [-0.05, 0) is 12.5 Å². The number of nitrogens with one attached hydrogen (secondary N) is 2. The number of carbonyl (C=O) groups excluding carboxylic acids is 1. The number of hydrogen-bond acceptors (Lipinski definition) is 7. The molecular formula is C15H14N8O. The van der Waals surface area contributed by atoms with Crippen LogP contribution >= 0.6 is 0 Å². The van der Waals surface area contributed by atoms with Gasteiger partial charge in [0.25, 0.3) is 0 Å². The molecule has 4 heterocycles. The average molecular weight is 322 g/mol. The molecule has 24 heavy (non-hydrogen) atoms. The Labute approximate surface area is 136 Å². The van der Waals surface area contributed by atoms with Crippen LogP contribution in [0.5, 0.6) is 0 Å². The Balaban J connectivity index is 1.67. The molecule has 9 heteroatoms. The number of rotatable bonds is 3. The second-order valence-electron chi connectivity index (χ2n) is 5.70. The summed E-state index contributed by atoms with van der Waals surface area (Å²) < 4.78 is 0. The summed E-state index contributed by atoms with van der Waals surface area (Å²) in [6.07, 6.45) is 4.24. The maximum absolute atomic E-state index is 11.6. The van der Waals surface area contributed by atoms with Gasteiger partial charge in [-0.15, -0.1) is 15.3 Å². The number of fused-ring (bicyclic) bond motifs is 3. The molecule has 1 atom stereocenters. The molecule has 1 saturated heterocycles. The molecule has 3 aromatic heterocycles. The Hall–Kier alpha value is -3.28. The third-order valence-electron chi connectivity index (χ3n) is 4.19. The van der Waals surface area contributed by atoms with Gasteiger partial charge in [0.15, 0.2) is 5.65 Å². The molecule has 120 valence electrons. The molecule has 1 unspecified atom stereocenters. The highest BCUT2D eigenvalue weighted by atomic mass is 16.1. The van der Waals surface area contributed by atoms with Crippen LogP contribution in [0, 0.1) is 11.3 Å². The van der Waals surface area contributed by atoms with Gasteiger partial charge in [-0.25, -0.2) is 0 Å². The number of H-pyrrole nitrogens is 1. The molecule has 0 saturated carbocycles. The van der Waals surface area contributed by atoms with Crippen LogP contribution in [0.15, 0.2) is 18.5 Å². The van der Waals surface area contributed by atoms with E-state index in [1.54, 1.807) is 6.20 Å². The lowest BCUT2D eigenvalue weighted by Crippen LogP contribution is -2.36. The quantitative estimate of drug-likeness (QED) is 0.720. The zero-order chi connectivity index (χ0) is 16.5. The van der Waals surface area contributed by atoms with E-state index in [9.17, 15) is 4.79 Å². The molecule has 3 aromatic rings. The third kappa shape index (κ3) is 2.38. The highest BCUT2D eigenvalue weighted by Crippen LogP contribution is 2.31. The Morgan fingerprint density at radius 2 is 2.38 bits per heavy atom. The Morgan fingerprint density at radius 1 is 1.46 bits per heavy atom. The average Bonchev–Trinajstić information content (AvgIpc) is 3.23. The van der Waals surface area contributed by atoms with Gasteiger partial charge in [-0.1, -0.05) is 0 Å². The van der Waals surface area contributed by atoms with E-state index in [4.69, 9.17) is 5.26 Å². The number of hydrogen-bond donors (Lipinski definition) is 2. The van der Waals surface area contributed by atoms with Crippen LogP contribution in [-0.2, 0) is 4.79 Å². The molecule has 0 radical (unpaired) electrons. The minimum Gasteiger partial charge on any atom is -0.367 e. The largest absolute Gasteiger partial charge is 0.367 e. The van der Waals surface area contributed by atoms with Crippen molar-refractivity contribution in [2.24, 2.45) is 0 Å². The predicted molar refractivity (Wildman–Crippen MR) is 86.0 cm³/mol. The summed E-state index contributed by atoms with van der Waals surface area (Å²) in [5, 5.41) is 29.6. The van der Waals surface area contributed by atoms with Crippen LogP contribution in [0.2, 0.25) is 0 Å². The van der Waals surface area contributed by atoms with Crippen LogP contribution < -0.4 is 10.2 Å². The fourth-order valence-corrected chi connectivity index (χ4v) is 3.13. The minimum atomic E-state index is -0.235. The Bertz CT molecular complexity index is 959. The van der Waals surface area contributed by atoms with Crippen molar-refractivity contribution in [3.8, 4) is 6.07 Å². The van der Waals surface area contributed by atoms with Crippen molar-refractivity contribution >= 4 is 33.7 Å². The summed E-state index contributed by atoms with van der Waals surface area (Å²) in [7, 11) is 0. The first-order valence-corrected chi connectivity index (χ1v) is 7.62. The van der Waals surface area contributed by atoms with Crippen LogP contribution in [-0.4, -0.2) is 50.4 Å².